The zero-order valence-electron chi connectivity index (χ0n) is 40.1. The van der Waals surface area contributed by atoms with E-state index in [9.17, 15) is 56.2 Å². The van der Waals surface area contributed by atoms with Gasteiger partial charge < -0.3 is 89.3 Å². The Morgan fingerprint density at radius 2 is 1.18 bits per heavy atom. The van der Waals surface area contributed by atoms with Crippen LogP contribution in [0.2, 0.25) is 0 Å². The topological polar surface area (TPSA) is 304 Å². The van der Waals surface area contributed by atoms with Gasteiger partial charge in [0.25, 0.3) is 0 Å². The van der Waals surface area contributed by atoms with Crippen molar-refractivity contribution in [3.8, 4) is 0 Å². The molecule has 24 atom stereocenters. The molecule has 0 aromatic rings. The highest BCUT2D eigenvalue weighted by atomic mass is 16.8. The molecular weight excluding hydrogens is 881 g/mol. The third-order valence-corrected chi connectivity index (χ3v) is 18.9. The predicted molar refractivity (Wildman–Crippen MR) is 232 cm³/mol. The molecule has 0 aromatic carbocycles. The largest absolute Gasteiger partial charge is 0.394 e. The van der Waals surface area contributed by atoms with Crippen molar-refractivity contribution >= 4 is 5.78 Å². The predicted octanol–water partition coefficient (Wildman–Crippen LogP) is -0.687. The zero-order valence-corrected chi connectivity index (χ0v) is 40.1. The number of carbonyl (C=O) groups excluding carboxylic acids is 1. The van der Waals surface area contributed by atoms with Gasteiger partial charge in [-0.15, -0.1) is 0 Å². The van der Waals surface area contributed by atoms with E-state index in [0.29, 0.717) is 38.5 Å². The lowest BCUT2D eigenvalue weighted by molar-refractivity contribution is -0.375. The highest BCUT2D eigenvalue weighted by Crippen LogP contribution is 2.75. The Hall–Kier alpha value is -1.31. The van der Waals surface area contributed by atoms with Crippen molar-refractivity contribution in [1.82, 2.24) is 0 Å². The van der Waals surface area contributed by atoms with Crippen LogP contribution < -0.4 is 0 Å². The minimum absolute atomic E-state index is 0.0185. The number of hydrogen-bond acceptors (Lipinski definition) is 19. The maximum absolute atomic E-state index is 15.2. The number of aliphatic hydroxyl groups is 11. The van der Waals surface area contributed by atoms with Crippen LogP contribution in [0.4, 0.5) is 0 Å². The fourth-order valence-electron chi connectivity index (χ4n) is 14.6. The number of fused-ring (bicyclic) bond motifs is 5. The molecule has 4 heterocycles. The molecule has 19 heteroatoms. The van der Waals surface area contributed by atoms with E-state index in [-0.39, 0.29) is 29.0 Å². The summed E-state index contributed by atoms with van der Waals surface area (Å²) in [6.07, 6.45) is -16.2. The molecule has 8 rings (SSSR count). The van der Waals surface area contributed by atoms with Gasteiger partial charge in [-0.2, -0.15) is 0 Å². The second-order valence-electron chi connectivity index (χ2n) is 23.1. The molecule has 67 heavy (non-hydrogen) atoms. The number of ether oxygens (including phenoxy) is 7. The molecule has 24 unspecified atom stereocenters. The normalized spacial score (nSPS) is 53.4. The first-order valence-corrected chi connectivity index (χ1v) is 24.4. The van der Waals surface area contributed by atoms with E-state index in [0.717, 1.165) is 18.4 Å². The molecule has 4 saturated heterocycles. The number of carbonyl (C=O) groups is 1. The van der Waals surface area contributed by atoms with Crippen LogP contribution in [0.5, 0.6) is 0 Å². The highest BCUT2D eigenvalue weighted by molar-refractivity contribution is 5.88. The second-order valence-corrected chi connectivity index (χ2v) is 23.1. The molecule has 0 bridgehead atoms. The molecule has 19 nitrogen and oxygen atoms in total. The van der Waals surface area contributed by atoms with Crippen LogP contribution in [0.25, 0.3) is 0 Å². The number of aliphatic hydroxyl groups excluding tert-OH is 11. The van der Waals surface area contributed by atoms with Gasteiger partial charge in [-0.3, -0.25) is 4.79 Å². The van der Waals surface area contributed by atoms with E-state index in [2.05, 4.69) is 33.8 Å². The van der Waals surface area contributed by atoms with Gasteiger partial charge in [0.2, 0.25) is 0 Å². The molecule has 384 valence electrons. The molecule has 0 spiro atoms. The van der Waals surface area contributed by atoms with Gasteiger partial charge >= 0.3 is 0 Å². The van der Waals surface area contributed by atoms with Gasteiger partial charge in [0.15, 0.2) is 18.9 Å². The fourth-order valence-corrected chi connectivity index (χ4v) is 14.6. The Balaban J connectivity index is 0.997. The van der Waals surface area contributed by atoms with Crippen molar-refractivity contribution in [3.63, 3.8) is 0 Å². The van der Waals surface area contributed by atoms with Crippen LogP contribution in [0, 0.1) is 39.4 Å². The quantitative estimate of drug-likeness (QED) is 0.114. The molecule has 11 N–H and O–H groups in total. The van der Waals surface area contributed by atoms with Gasteiger partial charge in [0, 0.05) is 17.3 Å². The van der Waals surface area contributed by atoms with Gasteiger partial charge in [0.1, 0.15) is 79.0 Å². The fraction of sp³-hybridized carbons (Fsp3) is 0.938. The summed E-state index contributed by atoms with van der Waals surface area (Å²) in [7, 11) is 0. The van der Waals surface area contributed by atoms with E-state index in [1.807, 2.05) is 27.7 Å². The average molecular weight is 959 g/mol. The summed E-state index contributed by atoms with van der Waals surface area (Å²) >= 11 is 0. The zero-order chi connectivity index (χ0) is 49.1. The van der Waals surface area contributed by atoms with E-state index in [1.165, 1.54) is 0 Å². The van der Waals surface area contributed by atoms with Crippen molar-refractivity contribution < 1.29 is 94.1 Å². The van der Waals surface area contributed by atoms with Crippen molar-refractivity contribution in [3.05, 3.63) is 11.6 Å². The Morgan fingerprint density at radius 3 is 1.78 bits per heavy atom. The molecule has 7 fully saturated rings. The molecule has 4 aliphatic heterocycles. The maximum atomic E-state index is 15.2. The number of ketones is 1. The second kappa shape index (κ2) is 18.3. The Bertz CT molecular complexity index is 1830. The Kier molecular flexibility index (Phi) is 14.2. The summed E-state index contributed by atoms with van der Waals surface area (Å²) in [5, 5.41) is 115. The maximum Gasteiger partial charge on any atom is 0.187 e. The van der Waals surface area contributed by atoms with Crippen LogP contribution in [-0.4, -0.2) is 197 Å². The van der Waals surface area contributed by atoms with E-state index in [1.54, 1.807) is 0 Å². The average Bonchev–Trinajstić information content (AvgIpc) is 3.82. The summed E-state index contributed by atoms with van der Waals surface area (Å²) in [5.41, 5.74) is -2.58. The van der Waals surface area contributed by atoms with Gasteiger partial charge in [0.05, 0.1) is 43.2 Å². The van der Waals surface area contributed by atoms with Crippen molar-refractivity contribution in [2.75, 3.05) is 19.8 Å². The van der Waals surface area contributed by atoms with Gasteiger partial charge in [-0.05, 0) is 94.3 Å². The lowest BCUT2D eigenvalue weighted by Gasteiger charge is -2.65. The number of rotatable bonds is 11. The summed E-state index contributed by atoms with van der Waals surface area (Å²) in [6.45, 7) is 14.8. The van der Waals surface area contributed by atoms with E-state index in [4.69, 9.17) is 33.2 Å². The smallest absolute Gasteiger partial charge is 0.187 e. The molecule has 8 aliphatic rings. The third kappa shape index (κ3) is 8.14. The number of hydrogen-bond donors (Lipinski definition) is 11. The first-order valence-electron chi connectivity index (χ1n) is 24.4. The molecule has 3 saturated carbocycles. The van der Waals surface area contributed by atoms with Crippen molar-refractivity contribution in [2.45, 2.75) is 222 Å². The Labute approximate surface area is 392 Å². The lowest BCUT2D eigenvalue weighted by Crippen LogP contribution is -2.66. The van der Waals surface area contributed by atoms with Gasteiger partial charge in [-0.1, -0.05) is 46.3 Å². The van der Waals surface area contributed by atoms with Crippen LogP contribution in [0.15, 0.2) is 11.6 Å². The van der Waals surface area contributed by atoms with Gasteiger partial charge in [-0.25, -0.2) is 0 Å². The highest BCUT2D eigenvalue weighted by Gasteiger charge is 2.73. The number of Topliss-reactive ketones (excluding diaryl/α,β-unsaturated/α-hetero) is 1. The Morgan fingerprint density at radius 1 is 0.627 bits per heavy atom. The van der Waals surface area contributed by atoms with Crippen LogP contribution >= 0.6 is 0 Å². The minimum Gasteiger partial charge on any atom is -0.394 e. The van der Waals surface area contributed by atoms with Crippen LogP contribution in [-0.2, 0) is 38.0 Å². The van der Waals surface area contributed by atoms with E-state index >= 15 is 4.79 Å². The monoisotopic (exact) mass is 959 g/mol. The van der Waals surface area contributed by atoms with E-state index < -0.39 is 152 Å². The standard InChI is InChI=1S/C48H78O19/c1-43(2)21-9-11-27-45(5)15-13-26(47(7)16-14-30(66-47)44(3,4)67-41-38(60)35(57)32(54)24(19-50)62-41)46(45,6)17-28(52)48(27,8)22(21)10-12-29(43)64-42-39(36(58)33(55)25(20-51)63-42)65-40-37(59)34(56)31(53)23(18-49)61-40/h9,22-27,29-42,49-51,53-60H,10-20H2,1-8H3. The molecule has 4 aliphatic carbocycles. The third-order valence-electron chi connectivity index (χ3n) is 18.9. The summed E-state index contributed by atoms with van der Waals surface area (Å²) in [4.78, 5) is 15.2. The first kappa shape index (κ1) is 52.0. The lowest BCUT2D eigenvalue weighted by atomic mass is 9.38. The SMILES string of the molecule is CC(C)(OC1OC(CO)C(O)C(O)C1O)C1CCC(C)(C2CCC3(C)C4CC=C5C(CCC(OC6OC(CO)C(O)C(O)C6OC6OC(CO)C(O)C(O)C6O)C5(C)C)C4(C)C(=O)CC23C)O1. The molecular formula is C48H78O19. The van der Waals surface area contributed by atoms with Crippen LogP contribution in [0.3, 0.4) is 0 Å². The van der Waals surface area contributed by atoms with Crippen molar-refractivity contribution in [2.24, 2.45) is 39.4 Å². The molecule has 0 radical (unpaired) electrons. The first-order chi connectivity index (χ1) is 31.2. The summed E-state index contributed by atoms with van der Waals surface area (Å²) in [5.74, 6) is 0.155. The summed E-state index contributed by atoms with van der Waals surface area (Å²) < 4.78 is 43.3. The summed E-state index contributed by atoms with van der Waals surface area (Å²) in [6, 6.07) is 0. The minimum atomic E-state index is -1.80. The number of allylic oxidation sites excluding steroid dienone is 1. The van der Waals surface area contributed by atoms with Crippen LogP contribution in [0.1, 0.15) is 107 Å². The van der Waals surface area contributed by atoms with Crippen molar-refractivity contribution in [1.29, 1.82) is 0 Å². The molecule has 0 amide bonds. The molecule has 0 aromatic heterocycles.